The van der Waals surface area contributed by atoms with E-state index in [1.807, 2.05) is 6.07 Å². The first kappa shape index (κ1) is 16.0. The minimum atomic E-state index is -0.763. The van der Waals surface area contributed by atoms with Crippen molar-refractivity contribution >= 4 is 11.9 Å². The molecule has 2 N–H and O–H groups in total. The van der Waals surface area contributed by atoms with Crippen LogP contribution in [0.15, 0.2) is 24.3 Å². The Morgan fingerprint density at radius 3 is 2.57 bits per heavy atom. The fourth-order valence-electron chi connectivity index (χ4n) is 3.91. The molecule has 0 heterocycles. The van der Waals surface area contributed by atoms with Gasteiger partial charge in [-0.2, -0.15) is 0 Å². The number of hydrogen-bond acceptors (Lipinski definition) is 2. The number of hydrogen-bond donors (Lipinski definition) is 2. The van der Waals surface area contributed by atoms with E-state index >= 15 is 0 Å². The summed E-state index contributed by atoms with van der Waals surface area (Å²) in [6.07, 6.45) is 5.05. The normalized spacial score (nSPS) is 25.6. The summed E-state index contributed by atoms with van der Waals surface area (Å²) in [5.41, 5.74) is 2.72. The van der Waals surface area contributed by atoms with Crippen LogP contribution < -0.4 is 5.32 Å². The second kappa shape index (κ2) is 6.34. The van der Waals surface area contributed by atoms with Gasteiger partial charge in [-0.15, -0.1) is 0 Å². The van der Waals surface area contributed by atoms with Crippen molar-refractivity contribution in [1.82, 2.24) is 5.32 Å². The summed E-state index contributed by atoms with van der Waals surface area (Å²) in [5, 5.41) is 12.3. The Labute approximate surface area is 137 Å². The number of aryl methyl sites for hydroxylation is 1. The highest BCUT2D eigenvalue weighted by Crippen LogP contribution is 2.48. The molecule has 2 aliphatic rings. The Balaban J connectivity index is 1.59. The van der Waals surface area contributed by atoms with Crippen molar-refractivity contribution in [3.63, 3.8) is 0 Å². The number of carbonyl (C=O) groups is 2. The van der Waals surface area contributed by atoms with Crippen LogP contribution in [0.2, 0.25) is 0 Å². The van der Waals surface area contributed by atoms with Gasteiger partial charge in [-0.1, -0.05) is 30.7 Å². The summed E-state index contributed by atoms with van der Waals surface area (Å²) >= 11 is 0. The maximum Gasteiger partial charge on any atom is 0.306 e. The number of carboxylic acid groups (broad SMARTS) is 1. The van der Waals surface area contributed by atoms with E-state index in [9.17, 15) is 9.59 Å². The van der Waals surface area contributed by atoms with Crippen LogP contribution >= 0.6 is 0 Å². The Bertz CT molecular complexity index is 606. The largest absolute Gasteiger partial charge is 0.481 e. The molecule has 2 aliphatic carbocycles. The van der Waals surface area contributed by atoms with Crippen LogP contribution in [-0.2, 0) is 15.0 Å². The highest BCUT2D eigenvalue weighted by Gasteiger charge is 2.45. The van der Waals surface area contributed by atoms with Crippen LogP contribution in [0.1, 0.15) is 49.7 Å². The third-order valence-corrected chi connectivity index (χ3v) is 5.57. The van der Waals surface area contributed by atoms with Gasteiger partial charge in [0.25, 0.3) is 0 Å². The van der Waals surface area contributed by atoms with Gasteiger partial charge in [-0.05, 0) is 50.2 Å². The highest BCUT2D eigenvalue weighted by molar-refractivity contribution is 5.80. The predicted octanol–water partition coefficient (Wildman–Crippen LogP) is 3.03. The average molecular weight is 315 g/mol. The molecule has 124 valence electrons. The van der Waals surface area contributed by atoms with Crippen LogP contribution in [0.25, 0.3) is 0 Å². The number of benzene rings is 1. The molecule has 2 atom stereocenters. The van der Waals surface area contributed by atoms with Crippen LogP contribution in [0, 0.1) is 18.8 Å². The van der Waals surface area contributed by atoms with E-state index < -0.39 is 5.97 Å². The molecule has 4 heteroatoms. The first-order valence-electron chi connectivity index (χ1n) is 8.58. The molecule has 0 aliphatic heterocycles. The Morgan fingerprint density at radius 1 is 1.22 bits per heavy atom. The number of aliphatic carboxylic acids is 1. The molecular weight excluding hydrogens is 290 g/mol. The summed E-state index contributed by atoms with van der Waals surface area (Å²) in [6.45, 7) is 2.79. The molecule has 1 amide bonds. The molecular formula is C19H25NO3. The molecule has 23 heavy (non-hydrogen) atoms. The lowest BCUT2D eigenvalue weighted by Gasteiger charge is -2.27. The lowest BCUT2D eigenvalue weighted by atomic mass is 9.81. The second-order valence-electron chi connectivity index (χ2n) is 7.21. The van der Waals surface area contributed by atoms with Gasteiger partial charge in [0.05, 0.1) is 5.92 Å². The summed E-state index contributed by atoms with van der Waals surface area (Å²) < 4.78 is 0. The van der Waals surface area contributed by atoms with Gasteiger partial charge in [0.15, 0.2) is 0 Å². The minimum Gasteiger partial charge on any atom is -0.481 e. The van der Waals surface area contributed by atoms with Crippen LogP contribution in [0.4, 0.5) is 0 Å². The first-order chi connectivity index (χ1) is 11.0. The van der Waals surface area contributed by atoms with Crippen molar-refractivity contribution < 1.29 is 14.7 Å². The lowest BCUT2D eigenvalue weighted by Crippen LogP contribution is -2.39. The van der Waals surface area contributed by atoms with Gasteiger partial charge in [0, 0.05) is 17.9 Å². The summed E-state index contributed by atoms with van der Waals surface area (Å²) in [6, 6.07) is 8.38. The van der Waals surface area contributed by atoms with Crippen LogP contribution in [-0.4, -0.2) is 23.5 Å². The molecule has 0 aromatic heterocycles. The number of amides is 1. The molecule has 2 unspecified atom stereocenters. The van der Waals surface area contributed by atoms with Gasteiger partial charge < -0.3 is 10.4 Å². The zero-order chi connectivity index (χ0) is 16.4. The third kappa shape index (κ3) is 3.41. The van der Waals surface area contributed by atoms with Gasteiger partial charge >= 0.3 is 5.97 Å². The Kier molecular flexibility index (Phi) is 4.42. The van der Waals surface area contributed by atoms with Gasteiger partial charge in [-0.3, -0.25) is 9.59 Å². The number of nitrogens with one attached hydrogen (secondary N) is 1. The van der Waals surface area contributed by atoms with E-state index in [2.05, 4.69) is 30.4 Å². The standard InChI is InChI=1S/C19H25NO3/c1-13-5-2-3-8-16(13)19(9-10-19)12-20-17(21)14-6-4-7-15(11-14)18(22)23/h2-3,5,8,14-15H,4,6-7,9-12H2,1H3,(H,20,21)(H,22,23). The topological polar surface area (TPSA) is 66.4 Å². The van der Waals surface area contributed by atoms with E-state index in [0.29, 0.717) is 19.4 Å². The van der Waals surface area contributed by atoms with E-state index in [1.165, 1.54) is 11.1 Å². The Morgan fingerprint density at radius 2 is 1.91 bits per heavy atom. The second-order valence-corrected chi connectivity index (χ2v) is 7.21. The van der Waals surface area contributed by atoms with Gasteiger partial charge in [0.1, 0.15) is 0 Å². The quantitative estimate of drug-likeness (QED) is 0.877. The third-order valence-electron chi connectivity index (χ3n) is 5.57. The van der Waals surface area contributed by atoms with Crippen molar-refractivity contribution in [2.45, 2.75) is 50.9 Å². The van der Waals surface area contributed by atoms with Gasteiger partial charge in [0.2, 0.25) is 5.91 Å². The zero-order valence-electron chi connectivity index (χ0n) is 13.7. The fraction of sp³-hybridized carbons (Fsp3) is 0.579. The van der Waals surface area contributed by atoms with Gasteiger partial charge in [-0.25, -0.2) is 0 Å². The van der Waals surface area contributed by atoms with E-state index in [-0.39, 0.29) is 23.2 Å². The van der Waals surface area contributed by atoms with Crippen LogP contribution in [0.5, 0.6) is 0 Å². The molecule has 0 bridgehead atoms. The highest BCUT2D eigenvalue weighted by atomic mass is 16.4. The minimum absolute atomic E-state index is 0.0378. The monoisotopic (exact) mass is 315 g/mol. The molecule has 0 spiro atoms. The molecule has 0 saturated heterocycles. The Hall–Kier alpha value is -1.84. The smallest absolute Gasteiger partial charge is 0.306 e. The first-order valence-corrected chi connectivity index (χ1v) is 8.58. The number of carbonyl (C=O) groups excluding carboxylic acids is 1. The number of carboxylic acids is 1. The maximum absolute atomic E-state index is 12.5. The number of rotatable bonds is 5. The van der Waals surface area contributed by atoms with Crippen molar-refractivity contribution in [3.05, 3.63) is 35.4 Å². The van der Waals surface area contributed by atoms with Crippen molar-refractivity contribution in [3.8, 4) is 0 Å². The molecule has 2 saturated carbocycles. The van der Waals surface area contributed by atoms with E-state index in [4.69, 9.17) is 5.11 Å². The van der Waals surface area contributed by atoms with Crippen LogP contribution in [0.3, 0.4) is 0 Å². The zero-order valence-corrected chi connectivity index (χ0v) is 13.7. The molecule has 3 rings (SSSR count). The summed E-state index contributed by atoms with van der Waals surface area (Å²) in [7, 11) is 0. The van der Waals surface area contributed by atoms with E-state index in [0.717, 1.165) is 25.7 Å². The maximum atomic E-state index is 12.5. The fourth-order valence-corrected chi connectivity index (χ4v) is 3.91. The molecule has 1 aromatic rings. The summed E-state index contributed by atoms with van der Waals surface area (Å²) in [5.74, 6) is -1.22. The predicted molar refractivity (Wildman–Crippen MR) is 88.2 cm³/mol. The molecule has 0 radical (unpaired) electrons. The SMILES string of the molecule is Cc1ccccc1C1(CNC(=O)C2CCCC(C(=O)O)C2)CC1. The van der Waals surface area contributed by atoms with Crippen molar-refractivity contribution in [2.75, 3.05) is 6.54 Å². The average Bonchev–Trinajstić information content (AvgIpc) is 3.34. The van der Waals surface area contributed by atoms with Crippen molar-refractivity contribution in [1.29, 1.82) is 0 Å². The van der Waals surface area contributed by atoms with E-state index in [1.54, 1.807) is 0 Å². The summed E-state index contributed by atoms with van der Waals surface area (Å²) in [4.78, 5) is 23.6. The lowest BCUT2D eigenvalue weighted by molar-refractivity contribution is -0.144. The molecule has 1 aromatic carbocycles. The molecule has 4 nitrogen and oxygen atoms in total. The van der Waals surface area contributed by atoms with Crippen molar-refractivity contribution in [2.24, 2.45) is 11.8 Å². The molecule has 2 fully saturated rings.